The van der Waals surface area contributed by atoms with E-state index in [1.807, 2.05) is 6.92 Å². The van der Waals surface area contributed by atoms with E-state index in [0.717, 1.165) is 43.4 Å². The van der Waals surface area contributed by atoms with Crippen LogP contribution in [0, 0.1) is 6.92 Å². The second-order valence-electron chi connectivity index (χ2n) is 5.80. The normalized spacial score (nSPS) is 10.6. The average Bonchev–Trinajstić information content (AvgIpc) is 2.91. The molecule has 0 spiro atoms. The lowest BCUT2D eigenvalue weighted by Gasteiger charge is -2.22. The molecule has 1 heterocycles. The van der Waals surface area contributed by atoms with Gasteiger partial charge in [-0.1, -0.05) is 39.5 Å². The standard InChI is InChI=1S/C17H29N3O2S/c1-4-6-8-10-16(22)20(11-9-7-5-2)13-15(21)19-17-18-12-14(3)23-17/h12H,4-11,13H2,1-3H3,(H,18,19,21). The van der Waals surface area contributed by atoms with Crippen LogP contribution in [0.1, 0.15) is 63.7 Å². The zero-order valence-corrected chi connectivity index (χ0v) is 15.4. The second kappa shape index (κ2) is 11.2. The Hall–Kier alpha value is -1.43. The second-order valence-corrected chi connectivity index (χ2v) is 7.04. The van der Waals surface area contributed by atoms with E-state index in [1.165, 1.54) is 11.3 Å². The van der Waals surface area contributed by atoms with E-state index in [0.29, 0.717) is 18.1 Å². The molecule has 0 fully saturated rings. The van der Waals surface area contributed by atoms with Crippen LogP contribution in [-0.2, 0) is 9.59 Å². The van der Waals surface area contributed by atoms with Crippen molar-refractivity contribution < 1.29 is 9.59 Å². The highest BCUT2D eigenvalue weighted by molar-refractivity contribution is 7.15. The van der Waals surface area contributed by atoms with Crippen LogP contribution in [0.4, 0.5) is 5.13 Å². The number of nitrogens with one attached hydrogen (secondary N) is 1. The van der Waals surface area contributed by atoms with Gasteiger partial charge in [-0.15, -0.1) is 11.3 Å². The van der Waals surface area contributed by atoms with E-state index in [-0.39, 0.29) is 18.4 Å². The van der Waals surface area contributed by atoms with Crippen molar-refractivity contribution in [1.82, 2.24) is 9.88 Å². The first-order chi connectivity index (χ1) is 11.1. The van der Waals surface area contributed by atoms with E-state index in [1.54, 1.807) is 11.1 Å². The van der Waals surface area contributed by atoms with Crippen molar-refractivity contribution in [2.45, 2.75) is 65.7 Å². The molecule has 0 aliphatic heterocycles. The van der Waals surface area contributed by atoms with Crippen molar-refractivity contribution in [3.8, 4) is 0 Å². The summed E-state index contributed by atoms with van der Waals surface area (Å²) in [6.07, 6.45) is 8.42. The van der Waals surface area contributed by atoms with E-state index in [2.05, 4.69) is 24.1 Å². The Kier molecular flexibility index (Phi) is 9.52. The highest BCUT2D eigenvalue weighted by atomic mass is 32.1. The Balaban J connectivity index is 2.52. The molecule has 1 N–H and O–H groups in total. The molecule has 1 rings (SSSR count). The van der Waals surface area contributed by atoms with Gasteiger partial charge in [0.2, 0.25) is 11.8 Å². The number of aryl methyl sites for hydroxylation is 1. The molecule has 2 amide bonds. The molecule has 0 bridgehead atoms. The largest absolute Gasteiger partial charge is 0.333 e. The van der Waals surface area contributed by atoms with Gasteiger partial charge >= 0.3 is 0 Å². The predicted octanol–water partition coefficient (Wildman–Crippen LogP) is 3.99. The van der Waals surface area contributed by atoms with Crippen LogP contribution in [0.15, 0.2) is 6.20 Å². The van der Waals surface area contributed by atoms with Crippen LogP contribution in [-0.4, -0.2) is 34.8 Å². The van der Waals surface area contributed by atoms with E-state index < -0.39 is 0 Å². The number of amides is 2. The van der Waals surface area contributed by atoms with Crippen molar-refractivity contribution in [3.63, 3.8) is 0 Å². The molecular weight excluding hydrogens is 310 g/mol. The molecule has 0 aromatic carbocycles. The molecular formula is C17H29N3O2S. The molecule has 0 atom stereocenters. The summed E-state index contributed by atoms with van der Waals surface area (Å²) >= 11 is 1.44. The SMILES string of the molecule is CCCCCC(=O)N(CCCCC)CC(=O)Nc1ncc(C)s1. The van der Waals surface area contributed by atoms with Crippen LogP contribution >= 0.6 is 11.3 Å². The maximum atomic E-state index is 12.3. The van der Waals surface area contributed by atoms with Gasteiger partial charge < -0.3 is 10.2 Å². The van der Waals surface area contributed by atoms with Crippen LogP contribution in [0.25, 0.3) is 0 Å². The van der Waals surface area contributed by atoms with Gasteiger partial charge in [-0.3, -0.25) is 9.59 Å². The Morgan fingerprint density at radius 3 is 2.48 bits per heavy atom. The van der Waals surface area contributed by atoms with Crippen LogP contribution < -0.4 is 5.32 Å². The topological polar surface area (TPSA) is 62.3 Å². The van der Waals surface area contributed by atoms with Gasteiger partial charge in [0.15, 0.2) is 5.13 Å². The minimum absolute atomic E-state index is 0.0834. The number of anilines is 1. The Labute approximate surface area is 143 Å². The summed E-state index contributed by atoms with van der Waals surface area (Å²) in [6, 6.07) is 0. The van der Waals surface area contributed by atoms with Gasteiger partial charge in [-0.25, -0.2) is 4.98 Å². The predicted molar refractivity (Wildman–Crippen MR) is 95.7 cm³/mol. The molecule has 1 aromatic rings. The summed E-state index contributed by atoms with van der Waals surface area (Å²) in [6.45, 7) is 6.97. The molecule has 130 valence electrons. The number of unbranched alkanes of at least 4 members (excludes halogenated alkanes) is 4. The first kappa shape index (κ1) is 19.6. The molecule has 23 heavy (non-hydrogen) atoms. The third-order valence-corrected chi connectivity index (χ3v) is 4.41. The number of carbonyl (C=O) groups excluding carboxylic acids is 2. The fraction of sp³-hybridized carbons (Fsp3) is 0.706. The molecule has 0 aliphatic carbocycles. The number of rotatable bonds is 11. The maximum absolute atomic E-state index is 12.3. The average molecular weight is 340 g/mol. The number of nitrogens with zero attached hydrogens (tertiary/aromatic N) is 2. The van der Waals surface area contributed by atoms with Crippen molar-refractivity contribution in [2.24, 2.45) is 0 Å². The summed E-state index contributed by atoms with van der Waals surface area (Å²) in [5, 5.41) is 3.38. The molecule has 0 saturated heterocycles. The first-order valence-electron chi connectivity index (χ1n) is 8.56. The Bertz CT molecular complexity index is 488. The summed E-state index contributed by atoms with van der Waals surface area (Å²) in [4.78, 5) is 31.4. The van der Waals surface area contributed by atoms with Gasteiger partial charge in [0, 0.05) is 24.0 Å². The number of hydrogen-bond acceptors (Lipinski definition) is 4. The van der Waals surface area contributed by atoms with Gasteiger partial charge in [0.05, 0.1) is 6.54 Å². The Morgan fingerprint density at radius 2 is 1.87 bits per heavy atom. The third kappa shape index (κ3) is 8.11. The lowest BCUT2D eigenvalue weighted by Crippen LogP contribution is -2.38. The number of hydrogen-bond donors (Lipinski definition) is 1. The number of carbonyl (C=O) groups is 2. The highest BCUT2D eigenvalue weighted by Crippen LogP contribution is 2.16. The molecule has 0 saturated carbocycles. The van der Waals surface area contributed by atoms with Gasteiger partial charge in [-0.05, 0) is 19.8 Å². The monoisotopic (exact) mass is 339 g/mol. The number of aromatic nitrogens is 1. The maximum Gasteiger partial charge on any atom is 0.245 e. The minimum Gasteiger partial charge on any atom is -0.333 e. The molecule has 1 aromatic heterocycles. The van der Waals surface area contributed by atoms with Crippen molar-refractivity contribution in [3.05, 3.63) is 11.1 Å². The Morgan fingerprint density at radius 1 is 1.17 bits per heavy atom. The third-order valence-electron chi connectivity index (χ3n) is 3.58. The van der Waals surface area contributed by atoms with Crippen LogP contribution in [0.2, 0.25) is 0 Å². The van der Waals surface area contributed by atoms with Gasteiger partial charge in [0.25, 0.3) is 0 Å². The van der Waals surface area contributed by atoms with Crippen molar-refractivity contribution >= 4 is 28.3 Å². The van der Waals surface area contributed by atoms with Crippen LogP contribution in [0.5, 0.6) is 0 Å². The lowest BCUT2D eigenvalue weighted by molar-refractivity contribution is -0.134. The minimum atomic E-state index is -0.167. The van der Waals surface area contributed by atoms with Crippen molar-refractivity contribution in [2.75, 3.05) is 18.4 Å². The first-order valence-corrected chi connectivity index (χ1v) is 9.38. The summed E-state index contributed by atoms with van der Waals surface area (Å²) in [5.74, 6) is -0.0836. The van der Waals surface area contributed by atoms with Crippen molar-refractivity contribution in [1.29, 1.82) is 0 Å². The summed E-state index contributed by atoms with van der Waals surface area (Å²) in [7, 11) is 0. The molecule has 0 radical (unpaired) electrons. The zero-order chi connectivity index (χ0) is 17.1. The van der Waals surface area contributed by atoms with Gasteiger partial charge in [0.1, 0.15) is 0 Å². The summed E-state index contributed by atoms with van der Waals surface area (Å²) < 4.78 is 0. The highest BCUT2D eigenvalue weighted by Gasteiger charge is 2.17. The smallest absolute Gasteiger partial charge is 0.245 e. The fourth-order valence-corrected chi connectivity index (χ4v) is 2.95. The quantitative estimate of drug-likeness (QED) is 0.620. The molecule has 5 nitrogen and oxygen atoms in total. The lowest BCUT2D eigenvalue weighted by atomic mass is 10.1. The van der Waals surface area contributed by atoms with E-state index in [9.17, 15) is 9.59 Å². The molecule has 6 heteroatoms. The van der Waals surface area contributed by atoms with Crippen LogP contribution in [0.3, 0.4) is 0 Å². The fourth-order valence-electron chi connectivity index (χ4n) is 2.27. The molecule has 0 aliphatic rings. The van der Waals surface area contributed by atoms with E-state index in [4.69, 9.17) is 0 Å². The van der Waals surface area contributed by atoms with Gasteiger partial charge in [-0.2, -0.15) is 0 Å². The summed E-state index contributed by atoms with van der Waals surface area (Å²) in [5.41, 5.74) is 0. The van der Waals surface area contributed by atoms with E-state index >= 15 is 0 Å². The molecule has 0 unspecified atom stereocenters. The zero-order valence-electron chi connectivity index (χ0n) is 14.6. The number of thiazole rings is 1.